The van der Waals surface area contributed by atoms with Crippen LogP contribution in [0.25, 0.3) is 0 Å². The van der Waals surface area contributed by atoms with Gasteiger partial charge < -0.3 is 4.74 Å². The molecule has 6 nitrogen and oxygen atoms in total. The molecule has 9 heteroatoms. The molecule has 2 rings (SSSR count). The summed E-state index contributed by atoms with van der Waals surface area (Å²) in [6.45, 7) is 1.59. The van der Waals surface area contributed by atoms with Crippen molar-refractivity contribution in [2.45, 2.75) is 17.9 Å². The van der Waals surface area contributed by atoms with Gasteiger partial charge in [-0.1, -0.05) is 28.8 Å². The first-order chi connectivity index (χ1) is 11.5. The average Bonchev–Trinajstić information content (AvgIpc) is 2.58. The molecule has 0 radical (unpaired) electrons. The fraction of sp³-hybridized carbons (Fsp3) is 0.133. The Morgan fingerprint density at radius 2 is 1.62 bits per heavy atom. The second-order valence-electron chi connectivity index (χ2n) is 4.49. The fourth-order valence-corrected chi connectivity index (χ4v) is 2.15. The highest BCUT2D eigenvalue weighted by Crippen LogP contribution is 2.21. The third-order valence-corrected chi connectivity index (χ3v) is 3.79. The van der Waals surface area contributed by atoms with Crippen molar-refractivity contribution >= 4 is 41.2 Å². The standard InChI is InChI=1S/C15H14Cl2N2O4S/c1-10(21-13-6-2-11(16)3-7-13)15(20)18-19-22-23-24-14-8-4-12(17)5-9-14/h2-10,19H,1H3,(H,18,20). The van der Waals surface area contributed by atoms with Crippen molar-refractivity contribution in [2.24, 2.45) is 0 Å². The number of nitrogens with one attached hydrogen (secondary N) is 2. The fourth-order valence-electron chi connectivity index (χ4n) is 1.51. The van der Waals surface area contributed by atoms with E-state index in [4.69, 9.17) is 32.3 Å². The molecule has 0 spiro atoms. The van der Waals surface area contributed by atoms with E-state index in [0.29, 0.717) is 15.8 Å². The minimum absolute atomic E-state index is 0.440. The molecule has 0 heterocycles. The molecule has 0 aromatic heterocycles. The van der Waals surface area contributed by atoms with Gasteiger partial charge in [-0.2, -0.15) is 0 Å². The average molecular weight is 389 g/mol. The number of benzene rings is 2. The summed E-state index contributed by atoms with van der Waals surface area (Å²) in [7, 11) is 0. The Balaban J connectivity index is 1.63. The predicted octanol–water partition coefficient (Wildman–Crippen LogP) is 3.95. The molecule has 128 valence electrons. The van der Waals surface area contributed by atoms with E-state index in [1.165, 1.54) is 0 Å². The quantitative estimate of drug-likeness (QED) is 0.308. The van der Waals surface area contributed by atoms with Crippen LogP contribution in [0, 0.1) is 0 Å². The molecule has 2 aromatic carbocycles. The maximum absolute atomic E-state index is 11.8. The number of rotatable bonds is 8. The van der Waals surface area contributed by atoms with E-state index in [0.717, 1.165) is 16.9 Å². The van der Waals surface area contributed by atoms with Crippen LogP contribution in [0.3, 0.4) is 0 Å². The third kappa shape index (κ3) is 6.56. The predicted molar refractivity (Wildman–Crippen MR) is 92.3 cm³/mol. The Morgan fingerprint density at radius 1 is 1.04 bits per heavy atom. The normalized spacial score (nSPS) is 11.8. The molecule has 2 N–H and O–H groups in total. The van der Waals surface area contributed by atoms with E-state index in [-0.39, 0.29) is 0 Å². The molecule has 0 saturated carbocycles. The van der Waals surface area contributed by atoms with E-state index in [1.807, 2.05) is 0 Å². The monoisotopic (exact) mass is 388 g/mol. The third-order valence-electron chi connectivity index (χ3n) is 2.69. The van der Waals surface area contributed by atoms with Gasteiger partial charge in [-0.25, -0.2) is 0 Å². The van der Waals surface area contributed by atoms with Gasteiger partial charge in [0, 0.05) is 14.9 Å². The van der Waals surface area contributed by atoms with Crippen LogP contribution in [0.4, 0.5) is 0 Å². The molecule has 0 bridgehead atoms. The van der Waals surface area contributed by atoms with Gasteiger partial charge in [-0.05, 0) is 55.5 Å². The minimum atomic E-state index is -0.744. The van der Waals surface area contributed by atoms with Gasteiger partial charge in [0.2, 0.25) is 0 Å². The Hall–Kier alpha value is -1.48. The Kier molecular flexibility index (Phi) is 7.64. The van der Waals surface area contributed by atoms with Gasteiger partial charge in [-0.15, -0.1) is 9.32 Å². The SMILES string of the molecule is CC(Oc1ccc(Cl)cc1)C(=O)NNOOSc1ccc(Cl)cc1. The summed E-state index contributed by atoms with van der Waals surface area (Å²) in [5.74, 6) is 0.0857. The Bertz CT molecular complexity index is 656. The topological polar surface area (TPSA) is 68.8 Å². The zero-order chi connectivity index (χ0) is 17.4. The van der Waals surface area contributed by atoms with E-state index in [2.05, 4.69) is 16.0 Å². The number of ether oxygens (including phenoxy) is 1. The number of halogens is 2. The summed E-state index contributed by atoms with van der Waals surface area (Å²) in [5.41, 5.74) is 4.46. The number of amides is 1. The Labute approximate surface area is 153 Å². The number of hydrogen-bond acceptors (Lipinski definition) is 6. The molecule has 0 aliphatic rings. The van der Waals surface area contributed by atoms with Gasteiger partial charge >= 0.3 is 0 Å². The molecular formula is C15H14Cl2N2O4S. The number of hydrazine groups is 1. The van der Waals surface area contributed by atoms with Crippen molar-refractivity contribution in [1.29, 1.82) is 0 Å². The second-order valence-corrected chi connectivity index (χ2v) is 6.14. The summed E-state index contributed by atoms with van der Waals surface area (Å²) in [5, 5.41) is 1.21. The molecule has 0 saturated heterocycles. The smallest absolute Gasteiger partial charge is 0.276 e. The first kappa shape index (κ1) is 18.9. The molecule has 0 fully saturated rings. The Morgan fingerprint density at radius 3 is 2.25 bits per heavy atom. The van der Waals surface area contributed by atoms with Crippen LogP contribution in [0.1, 0.15) is 6.92 Å². The first-order valence-electron chi connectivity index (χ1n) is 6.77. The number of carbonyl (C=O) groups is 1. The first-order valence-corrected chi connectivity index (χ1v) is 8.27. The van der Waals surface area contributed by atoms with E-state index >= 15 is 0 Å². The highest BCUT2D eigenvalue weighted by molar-refractivity contribution is 7.94. The van der Waals surface area contributed by atoms with Crippen LogP contribution in [0.15, 0.2) is 53.4 Å². The molecule has 0 aliphatic heterocycles. The van der Waals surface area contributed by atoms with Crippen molar-refractivity contribution in [2.75, 3.05) is 0 Å². The highest BCUT2D eigenvalue weighted by atomic mass is 35.5. The second kappa shape index (κ2) is 9.73. The maximum atomic E-state index is 11.8. The lowest BCUT2D eigenvalue weighted by molar-refractivity contribution is -0.256. The number of carbonyl (C=O) groups excluding carboxylic acids is 1. The van der Waals surface area contributed by atoms with Gasteiger partial charge in [0.05, 0.1) is 12.0 Å². The maximum Gasteiger partial charge on any atom is 0.276 e. The van der Waals surface area contributed by atoms with Crippen molar-refractivity contribution in [3.63, 3.8) is 0 Å². The van der Waals surface area contributed by atoms with Gasteiger partial charge in [0.1, 0.15) is 5.75 Å². The van der Waals surface area contributed by atoms with Gasteiger partial charge in [0.25, 0.3) is 5.91 Å². The molecule has 24 heavy (non-hydrogen) atoms. The zero-order valence-electron chi connectivity index (χ0n) is 12.5. The van der Waals surface area contributed by atoms with Gasteiger partial charge in [0.15, 0.2) is 6.10 Å². The lowest BCUT2D eigenvalue weighted by Crippen LogP contribution is -2.44. The van der Waals surface area contributed by atoms with Crippen LogP contribution < -0.4 is 15.8 Å². The summed E-state index contributed by atoms with van der Waals surface area (Å²) in [6, 6.07) is 13.6. The lowest BCUT2D eigenvalue weighted by Gasteiger charge is -2.14. The van der Waals surface area contributed by atoms with Crippen molar-refractivity contribution in [1.82, 2.24) is 11.0 Å². The van der Waals surface area contributed by atoms with E-state index in [1.54, 1.807) is 55.5 Å². The minimum Gasteiger partial charge on any atom is -0.481 e. The van der Waals surface area contributed by atoms with E-state index in [9.17, 15) is 4.79 Å². The molecule has 2 aromatic rings. The molecule has 1 atom stereocenters. The summed E-state index contributed by atoms with van der Waals surface area (Å²) >= 11 is 12.5. The van der Waals surface area contributed by atoms with Crippen LogP contribution in [-0.2, 0) is 14.1 Å². The highest BCUT2D eigenvalue weighted by Gasteiger charge is 2.14. The van der Waals surface area contributed by atoms with Crippen LogP contribution in [0.5, 0.6) is 5.75 Å². The molecule has 1 amide bonds. The number of hydrogen-bond donors (Lipinski definition) is 2. The summed E-state index contributed by atoms with van der Waals surface area (Å²) in [6.07, 6.45) is -0.744. The molecule has 1 unspecified atom stereocenters. The summed E-state index contributed by atoms with van der Waals surface area (Å²) < 4.78 is 10.3. The molecule has 0 aliphatic carbocycles. The largest absolute Gasteiger partial charge is 0.481 e. The van der Waals surface area contributed by atoms with Crippen molar-refractivity contribution < 1.29 is 18.9 Å². The van der Waals surface area contributed by atoms with Crippen LogP contribution in [0.2, 0.25) is 10.0 Å². The van der Waals surface area contributed by atoms with Gasteiger partial charge in [-0.3, -0.25) is 10.2 Å². The van der Waals surface area contributed by atoms with E-state index < -0.39 is 12.0 Å². The van der Waals surface area contributed by atoms with Crippen LogP contribution in [-0.4, -0.2) is 12.0 Å². The van der Waals surface area contributed by atoms with Crippen molar-refractivity contribution in [3.8, 4) is 5.75 Å². The zero-order valence-corrected chi connectivity index (χ0v) is 14.8. The van der Waals surface area contributed by atoms with Crippen molar-refractivity contribution in [3.05, 3.63) is 58.6 Å². The lowest BCUT2D eigenvalue weighted by atomic mass is 10.3. The summed E-state index contributed by atoms with van der Waals surface area (Å²) in [4.78, 5) is 17.2. The molecular weight excluding hydrogens is 375 g/mol. The van der Waals surface area contributed by atoms with Crippen LogP contribution >= 0.6 is 35.2 Å².